The van der Waals surface area contributed by atoms with Gasteiger partial charge in [-0.05, 0) is 31.5 Å². The fraction of sp³-hybridized carbons (Fsp3) is 0.500. The van der Waals surface area contributed by atoms with Crippen LogP contribution >= 0.6 is 0 Å². The van der Waals surface area contributed by atoms with E-state index in [0.29, 0.717) is 5.69 Å². The summed E-state index contributed by atoms with van der Waals surface area (Å²) in [4.78, 5) is 2.14. The minimum absolute atomic E-state index is 0.264. The van der Waals surface area contributed by atoms with Gasteiger partial charge in [0.25, 0.3) is 0 Å². The largest absolute Gasteiger partial charge is 0.399 e. The van der Waals surface area contributed by atoms with Crippen LogP contribution in [0.25, 0.3) is 0 Å². The topological polar surface area (TPSA) is 29.3 Å². The fourth-order valence-electron chi connectivity index (χ4n) is 1.60. The summed E-state index contributed by atoms with van der Waals surface area (Å²) in [6.07, 6.45) is 2.26. The molecular weight excluding hydrogens is 191 g/mol. The van der Waals surface area contributed by atoms with Crippen molar-refractivity contribution in [3.05, 3.63) is 24.0 Å². The molecule has 2 nitrogen and oxygen atoms in total. The van der Waals surface area contributed by atoms with Gasteiger partial charge in [0.05, 0.1) is 0 Å². The number of benzene rings is 1. The minimum atomic E-state index is -0.264. The number of nitrogen functional groups attached to an aromatic ring is 1. The maximum Gasteiger partial charge on any atom is 0.127 e. The number of anilines is 2. The monoisotopic (exact) mass is 210 g/mol. The molecule has 0 aliphatic rings. The first kappa shape index (κ1) is 11.8. The van der Waals surface area contributed by atoms with Crippen molar-refractivity contribution in [3.8, 4) is 0 Å². The summed E-state index contributed by atoms with van der Waals surface area (Å²) >= 11 is 0. The van der Waals surface area contributed by atoms with Gasteiger partial charge < -0.3 is 10.6 Å². The third-order valence-corrected chi connectivity index (χ3v) is 2.43. The van der Waals surface area contributed by atoms with Crippen molar-refractivity contribution in [1.82, 2.24) is 0 Å². The van der Waals surface area contributed by atoms with Crippen molar-refractivity contribution in [2.24, 2.45) is 0 Å². The number of rotatable bonds is 5. The van der Waals surface area contributed by atoms with E-state index in [1.807, 2.05) is 6.07 Å². The summed E-state index contributed by atoms with van der Waals surface area (Å²) in [5, 5.41) is 0. The Morgan fingerprint density at radius 1 is 1.27 bits per heavy atom. The van der Waals surface area contributed by atoms with Crippen LogP contribution in [-0.2, 0) is 0 Å². The highest BCUT2D eigenvalue weighted by Gasteiger charge is 2.05. The molecule has 0 aliphatic heterocycles. The molecule has 0 radical (unpaired) electrons. The summed E-state index contributed by atoms with van der Waals surface area (Å²) in [7, 11) is 0. The van der Waals surface area contributed by atoms with Crippen LogP contribution in [0.4, 0.5) is 15.8 Å². The normalized spacial score (nSPS) is 10.3. The Morgan fingerprint density at radius 3 is 2.53 bits per heavy atom. The van der Waals surface area contributed by atoms with Gasteiger partial charge in [-0.15, -0.1) is 0 Å². The second-order valence-corrected chi connectivity index (χ2v) is 3.68. The molecule has 0 bridgehead atoms. The molecule has 0 aliphatic carbocycles. The summed E-state index contributed by atoms with van der Waals surface area (Å²) in [5.74, 6) is -0.264. The summed E-state index contributed by atoms with van der Waals surface area (Å²) in [6, 6.07) is 4.70. The molecule has 0 heterocycles. The summed E-state index contributed by atoms with van der Waals surface area (Å²) in [5.41, 5.74) is 6.98. The number of hydrogen-bond donors (Lipinski definition) is 1. The molecule has 0 aromatic heterocycles. The fourth-order valence-corrected chi connectivity index (χ4v) is 1.60. The molecule has 0 saturated heterocycles. The lowest BCUT2D eigenvalue weighted by Gasteiger charge is -2.23. The Kier molecular flexibility index (Phi) is 4.40. The summed E-state index contributed by atoms with van der Waals surface area (Å²) in [6.45, 7) is 6.04. The van der Waals surface area contributed by atoms with Gasteiger partial charge in [-0.1, -0.05) is 13.3 Å². The number of unbranched alkanes of at least 4 members (excludes halogenated alkanes) is 1. The SMILES string of the molecule is CCCCN(CC)c1cc(N)cc(F)c1. The average molecular weight is 210 g/mol. The van der Waals surface area contributed by atoms with Crippen LogP contribution in [0.3, 0.4) is 0 Å². The summed E-state index contributed by atoms with van der Waals surface area (Å²) < 4.78 is 13.1. The van der Waals surface area contributed by atoms with E-state index in [2.05, 4.69) is 18.7 Å². The van der Waals surface area contributed by atoms with E-state index in [-0.39, 0.29) is 5.82 Å². The lowest BCUT2D eigenvalue weighted by atomic mass is 10.2. The zero-order chi connectivity index (χ0) is 11.3. The molecule has 0 spiro atoms. The van der Waals surface area contributed by atoms with Crippen molar-refractivity contribution in [2.75, 3.05) is 23.7 Å². The van der Waals surface area contributed by atoms with Crippen molar-refractivity contribution in [2.45, 2.75) is 26.7 Å². The molecular formula is C12H19FN2. The molecule has 84 valence electrons. The molecule has 0 saturated carbocycles. The van der Waals surface area contributed by atoms with E-state index in [1.54, 1.807) is 0 Å². The van der Waals surface area contributed by atoms with Crippen LogP contribution in [0.2, 0.25) is 0 Å². The smallest absolute Gasteiger partial charge is 0.127 e. The van der Waals surface area contributed by atoms with E-state index < -0.39 is 0 Å². The number of halogens is 1. The molecule has 2 N–H and O–H groups in total. The molecule has 1 aromatic rings. The Hall–Kier alpha value is -1.25. The number of hydrogen-bond acceptors (Lipinski definition) is 2. The van der Waals surface area contributed by atoms with Gasteiger partial charge in [0, 0.05) is 24.5 Å². The van der Waals surface area contributed by atoms with E-state index in [0.717, 1.165) is 31.6 Å². The number of nitrogens with two attached hydrogens (primary N) is 1. The third kappa shape index (κ3) is 3.42. The first-order valence-corrected chi connectivity index (χ1v) is 5.48. The van der Waals surface area contributed by atoms with Crippen LogP contribution in [0, 0.1) is 5.82 Å². The van der Waals surface area contributed by atoms with Gasteiger partial charge in [0.15, 0.2) is 0 Å². The van der Waals surface area contributed by atoms with Crippen molar-refractivity contribution in [3.63, 3.8) is 0 Å². The van der Waals surface area contributed by atoms with Crippen LogP contribution in [0.5, 0.6) is 0 Å². The molecule has 0 atom stereocenters. The van der Waals surface area contributed by atoms with Gasteiger partial charge in [-0.3, -0.25) is 0 Å². The Bertz CT molecular complexity index is 292. The van der Waals surface area contributed by atoms with Crippen molar-refractivity contribution >= 4 is 11.4 Å². The highest BCUT2D eigenvalue weighted by atomic mass is 19.1. The predicted octanol–water partition coefficient (Wildman–Crippen LogP) is 3.03. The molecule has 15 heavy (non-hydrogen) atoms. The van der Waals surface area contributed by atoms with Crippen LogP contribution < -0.4 is 10.6 Å². The molecule has 1 aromatic carbocycles. The molecule has 1 rings (SSSR count). The second kappa shape index (κ2) is 5.59. The van der Waals surface area contributed by atoms with Crippen LogP contribution in [0.1, 0.15) is 26.7 Å². The van der Waals surface area contributed by atoms with E-state index in [4.69, 9.17) is 5.73 Å². The quantitative estimate of drug-likeness (QED) is 0.757. The van der Waals surface area contributed by atoms with Gasteiger partial charge in [0.1, 0.15) is 5.82 Å². The van der Waals surface area contributed by atoms with Crippen molar-refractivity contribution in [1.29, 1.82) is 0 Å². The zero-order valence-electron chi connectivity index (χ0n) is 9.46. The highest BCUT2D eigenvalue weighted by molar-refractivity contribution is 5.56. The van der Waals surface area contributed by atoms with Gasteiger partial charge in [0.2, 0.25) is 0 Å². The predicted molar refractivity (Wildman–Crippen MR) is 63.6 cm³/mol. The Morgan fingerprint density at radius 2 is 2.00 bits per heavy atom. The number of nitrogens with zero attached hydrogens (tertiary/aromatic N) is 1. The van der Waals surface area contributed by atoms with Gasteiger partial charge in [-0.25, -0.2) is 4.39 Å². The Balaban J connectivity index is 2.81. The van der Waals surface area contributed by atoms with Gasteiger partial charge >= 0.3 is 0 Å². The third-order valence-electron chi connectivity index (χ3n) is 2.43. The first-order valence-electron chi connectivity index (χ1n) is 5.48. The maximum absolute atomic E-state index is 13.1. The standard InChI is InChI=1S/C12H19FN2/c1-3-5-6-15(4-2)12-8-10(13)7-11(14)9-12/h7-9H,3-6,14H2,1-2H3. The average Bonchev–Trinajstić information content (AvgIpc) is 2.17. The maximum atomic E-state index is 13.1. The zero-order valence-corrected chi connectivity index (χ0v) is 9.46. The molecule has 0 fully saturated rings. The molecule has 0 amide bonds. The lowest BCUT2D eigenvalue weighted by Crippen LogP contribution is -2.23. The molecule has 0 unspecified atom stereocenters. The van der Waals surface area contributed by atoms with E-state index in [9.17, 15) is 4.39 Å². The Labute approximate surface area is 90.9 Å². The molecule has 3 heteroatoms. The van der Waals surface area contributed by atoms with Crippen LogP contribution in [0.15, 0.2) is 18.2 Å². The van der Waals surface area contributed by atoms with Crippen LogP contribution in [-0.4, -0.2) is 13.1 Å². The lowest BCUT2D eigenvalue weighted by molar-refractivity contribution is 0.626. The minimum Gasteiger partial charge on any atom is -0.399 e. The highest BCUT2D eigenvalue weighted by Crippen LogP contribution is 2.20. The van der Waals surface area contributed by atoms with Gasteiger partial charge in [-0.2, -0.15) is 0 Å². The first-order chi connectivity index (χ1) is 7.17. The van der Waals surface area contributed by atoms with Crippen molar-refractivity contribution < 1.29 is 4.39 Å². The second-order valence-electron chi connectivity index (χ2n) is 3.68. The van der Waals surface area contributed by atoms with E-state index >= 15 is 0 Å². The van der Waals surface area contributed by atoms with E-state index in [1.165, 1.54) is 12.1 Å².